The lowest BCUT2D eigenvalue weighted by Crippen LogP contribution is -2.47. The number of rotatable bonds is 4. The lowest BCUT2D eigenvalue weighted by molar-refractivity contribution is -0.181. The third-order valence-corrected chi connectivity index (χ3v) is 5.19. The fourth-order valence-electron chi connectivity index (χ4n) is 3.64. The molecule has 2 aliphatic heterocycles. The summed E-state index contributed by atoms with van der Waals surface area (Å²) in [5, 5.41) is 3.13. The zero-order chi connectivity index (χ0) is 20.3. The molecule has 0 bridgehead atoms. The Morgan fingerprint density at radius 1 is 1.10 bits per heavy atom. The van der Waals surface area contributed by atoms with E-state index >= 15 is 0 Å². The quantitative estimate of drug-likeness (QED) is 0.793. The highest BCUT2D eigenvalue weighted by atomic mass is 16.7. The van der Waals surface area contributed by atoms with Crippen LogP contribution in [0, 0.1) is 0 Å². The molecule has 2 aromatic rings. The minimum Gasteiger partial charge on any atom is -0.465 e. The van der Waals surface area contributed by atoms with E-state index in [0.29, 0.717) is 61.8 Å². The predicted molar refractivity (Wildman–Crippen MR) is 105 cm³/mol. The zero-order valence-corrected chi connectivity index (χ0v) is 16.2. The van der Waals surface area contributed by atoms with Crippen molar-refractivity contribution in [2.24, 2.45) is 0 Å². The Morgan fingerprint density at radius 3 is 2.59 bits per heavy atom. The van der Waals surface area contributed by atoms with Gasteiger partial charge < -0.3 is 24.4 Å². The number of methoxy groups -OCH3 is 1. The summed E-state index contributed by atoms with van der Waals surface area (Å²) in [7, 11) is 1.34. The Bertz CT molecular complexity index is 901. The molecule has 0 aliphatic carbocycles. The van der Waals surface area contributed by atoms with E-state index in [0.717, 1.165) is 0 Å². The normalized spacial score (nSPS) is 17.9. The smallest absolute Gasteiger partial charge is 0.337 e. The highest BCUT2D eigenvalue weighted by Crippen LogP contribution is 2.31. The summed E-state index contributed by atoms with van der Waals surface area (Å²) in [4.78, 5) is 30.7. The summed E-state index contributed by atoms with van der Waals surface area (Å²) in [6.45, 7) is 2.41. The lowest BCUT2D eigenvalue weighted by Gasteiger charge is -2.37. The molecule has 1 N–H and O–H groups in total. The van der Waals surface area contributed by atoms with E-state index in [2.05, 4.69) is 10.3 Å². The molecule has 1 spiro atoms. The number of benzene rings is 1. The molecular formula is C21H23N3O5. The van der Waals surface area contributed by atoms with Crippen LogP contribution in [0.5, 0.6) is 0 Å². The van der Waals surface area contributed by atoms with Crippen LogP contribution < -0.4 is 5.32 Å². The van der Waals surface area contributed by atoms with Crippen LogP contribution in [-0.4, -0.2) is 61.0 Å². The van der Waals surface area contributed by atoms with Gasteiger partial charge in [0.05, 0.1) is 25.9 Å². The second-order valence-corrected chi connectivity index (χ2v) is 7.03. The molecule has 3 heterocycles. The number of nitrogens with zero attached hydrogens (tertiary/aromatic N) is 2. The number of esters is 1. The summed E-state index contributed by atoms with van der Waals surface area (Å²) in [6, 6.07) is 10.3. The van der Waals surface area contributed by atoms with Crippen molar-refractivity contribution >= 4 is 23.4 Å². The van der Waals surface area contributed by atoms with Gasteiger partial charge in [-0.1, -0.05) is 6.07 Å². The van der Waals surface area contributed by atoms with Crippen LogP contribution in [0.4, 0.5) is 11.5 Å². The number of hydrogen-bond donors (Lipinski definition) is 1. The molecule has 2 aliphatic rings. The molecule has 2 saturated heterocycles. The van der Waals surface area contributed by atoms with Gasteiger partial charge in [0.1, 0.15) is 5.82 Å². The van der Waals surface area contributed by atoms with Crippen LogP contribution in [0.25, 0.3) is 0 Å². The van der Waals surface area contributed by atoms with Crippen molar-refractivity contribution in [3.05, 3.63) is 53.7 Å². The largest absolute Gasteiger partial charge is 0.465 e. The van der Waals surface area contributed by atoms with Gasteiger partial charge in [-0.3, -0.25) is 4.79 Å². The van der Waals surface area contributed by atoms with E-state index < -0.39 is 11.8 Å². The molecule has 1 aromatic carbocycles. The Kier molecular flexibility index (Phi) is 5.46. The third-order valence-electron chi connectivity index (χ3n) is 5.19. The van der Waals surface area contributed by atoms with Crippen molar-refractivity contribution < 1.29 is 23.8 Å². The molecule has 1 aromatic heterocycles. The molecule has 0 atom stereocenters. The first-order valence-electron chi connectivity index (χ1n) is 9.57. The summed E-state index contributed by atoms with van der Waals surface area (Å²) < 4.78 is 16.2. The van der Waals surface area contributed by atoms with Gasteiger partial charge in [0.25, 0.3) is 5.91 Å². The van der Waals surface area contributed by atoms with Gasteiger partial charge in [0, 0.05) is 43.4 Å². The third kappa shape index (κ3) is 4.23. The number of nitrogens with one attached hydrogen (secondary N) is 1. The van der Waals surface area contributed by atoms with E-state index in [9.17, 15) is 9.59 Å². The second kappa shape index (κ2) is 8.18. The van der Waals surface area contributed by atoms with Crippen LogP contribution in [0.3, 0.4) is 0 Å². The minimum absolute atomic E-state index is 0.0494. The van der Waals surface area contributed by atoms with E-state index in [-0.39, 0.29) is 5.91 Å². The van der Waals surface area contributed by atoms with Gasteiger partial charge >= 0.3 is 5.97 Å². The highest BCUT2D eigenvalue weighted by Gasteiger charge is 2.40. The highest BCUT2D eigenvalue weighted by molar-refractivity contribution is 5.95. The zero-order valence-electron chi connectivity index (χ0n) is 16.2. The number of carbonyl (C=O) groups excluding carboxylic acids is 2. The summed E-state index contributed by atoms with van der Waals surface area (Å²) >= 11 is 0. The fraction of sp³-hybridized carbons (Fsp3) is 0.381. The lowest BCUT2D eigenvalue weighted by atomic mass is 10.0. The van der Waals surface area contributed by atoms with E-state index in [1.807, 2.05) is 11.0 Å². The van der Waals surface area contributed by atoms with Gasteiger partial charge in [-0.25, -0.2) is 9.78 Å². The molecular weight excluding hydrogens is 374 g/mol. The van der Waals surface area contributed by atoms with Gasteiger partial charge in [-0.05, 0) is 30.3 Å². The Morgan fingerprint density at radius 2 is 1.86 bits per heavy atom. The molecule has 152 valence electrons. The Labute approximate surface area is 168 Å². The first kappa shape index (κ1) is 19.4. The van der Waals surface area contributed by atoms with E-state index in [1.165, 1.54) is 7.11 Å². The average molecular weight is 397 g/mol. The van der Waals surface area contributed by atoms with Crippen LogP contribution in [0.15, 0.2) is 42.6 Å². The molecule has 1 amide bonds. The molecule has 8 nitrogen and oxygen atoms in total. The van der Waals surface area contributed by atoms with Crippen molar-refractivity contribution in [2.75, 3.05) is 38.7 Å². The maximum atomic E-state index is 12.9. The SMILES string of the molecule is COC(=O)c1cccc(Nc2cc(C(=O)N3CCC4(CC3)OCCO4)ccn2)c1. The minimum atomic E-state index is -0.508. The van der Waals surface area contributed by atoms with Crippen molar-refractivity contribution in [3.63, 3.8) is 0 Å². The Balaban J connectivity index is 1.43. The number of hydrogen-bond acceptors (Lipinski definition) is 7. The van der Waals surface area contributed by atoms with Crippen LogP contribution >= 0.6 is 0 Å². The fourth-order valence-corrected chi connectivity index (χ4v) is 3.64. The molecule has 2 fully saturated rings. The number of piperidine rings is 1. The first-order chi connectivity index (χ1) is 14.1. The van der Waals surface area contributed by atoms with Gasteiger partial charge in [0.2, 0.25) is 0 Å². The molecule has 8 heteroatoms. The van der Waals surface area contributed by atoms with Gasteiger partial charge in [-0.15, -0.1) is 0 Å². The topological polar surface area (TPSA) is 90.0 Å². The van der Waals surface area contributed by atoms with Crippen molar-refractivity contribution in [2.45, 2.75) is 18.6 Å². The molecule has 0 unspecified atom stereocenters. The predicted octanol–water partition coefficient (Wildman–Crippen LogP) is 2.59. The van der Waals surface area contributed by atoms with Crippen molar-refractivity contribution in [1.29, 1.82) is 0 Å². The van der Waals surface area contributed by atoms with Crippen molar-refractivity contribution in [1.82, 2.24) is 9.88 Å². The maximum absolute atomic E-state index is 12.9. The molecule has 0 saturated carbocycles. The maximum Gasteiger partial charge on any atom is 0.337 e. The van der Waals surface area contributed by atoms with Gasteiger partial charge in [-0.2, -0.15) is 0 Å². The molecule has 0 radical (unpaired) electrons. The number of amides is 1. The van der Waals surface area contributed by atoms with Gasteiger partial charge in [0.15, 0.2) is 5.79 Å². The summed E-state index contributed by atoms with van der Waals surface area (Å²) in [5.41, 5.74) is 1.67. The number of likely N-dealkylation sites (tertiary alicyclic amines) is 1. The summed E-state index contributed by atoms with van der Waals surface area (Å²) in [5.74, 6) is -0.448. The standard InChI is InChI=1S/C21H23N3O5/c1-27-20(26)16-3-2-4-17(13-16)23-18-14-15(5-8-22-18)19(25)24-9-6-21(7-10-24)28-11-12-29-21/h2-5,8,13-14H,6-7,9-12H2,1H3,(H,22,23). The van der Waals surface area contributed by atoms with Crippen LogP contribution in [0.1, 0.15) is 33.6 Å². The molecule has 4 rings (SSSR count). The van der Waals surface area contributed by atoms with Crippen LogP contribution in [-0.2, 0) is 14.2 Å². The number of ether oxygens (including phenoxy) is 3. The van der Waals surface area contributed by atoms with Crippen molar-refractivity contribution in [3.8, 4) is 0 Å². The first-order valence-corrected chi connectivity index (χ1v) is 9.57. The van der Waals surface area contributed by atoms with E-state index in [1.54, 1.807) is 36.5 Å². The van der Waals surface area contributed by atoms with E-state index in [4.69, 9.17) is 14.2 Å². The number of carbonyl (C=O) groups is 2. The average Bonchev–Trinajstić information content (AvgIpc) is 3.21. The number of anilines is 2. The number of pyridine rings is 1. The van der Waals surface area contributed by atoms with Crippen LogP contribution in [0.2, 0.25) is 0 Å². The monoisotopic (exact) mass is 397 g/mol. The number of aromatic nitrogens is 1. The summed E-state index contributed by atoms with van der Waals surface area (Å²) in [6.07, 6.45) is 2.94. The Hall–Kier alpha value is -2.97. The second-order valence-electron chi connectivity index (χ2n) is 7.03. The molecule has 29 heavy (non-hydrogen) atoms.